The molecule has 0 spiro atoms. The summed E-state index contributed by atoms with van der Waals surface area (Å²) < 4.78 is 5.46. The summed E-state index contributed by atoms with van der Waals surface area (Å²) in [7, 11) is 0. The molecule has 0 aliphatic carbocycles. The molecule has 0 saturated carbocycles. The van der Waals surface area contributed by atoms with Crippen LogP contribution in [0.4, 0.5) is 0 Å². The first-order valence-electron chi connectivity index (χ1n) is 7.97. The van der Waals surface area contributed by atoms with Crippen molar-refractivity contribution in [3.05, 3.63) is 17.5 Å². The maximum atomic E-state index is 5.46. The quantitative estimate of drug-likeness (QED) is 0.832. The van der Waals surface area contributed by atoms with Crippen molar-refractivity contribution in [2.24, 2.45) is 5.41 Å². The first-order chi connectivity index (χ1) is 9.57. The zero-order valence-corrected chi connectivity index (χ0v) is 13.4. The second kappa shape index (κ2) is 6.72. The van der Waals surface area contributed by atoms with Gasteiger partial charge in [0.15, 0.2) is 5.76 Å². The molecule has 4 heteroatoms. The minimum Gasteiger partial charge on any atom is -0.360 e. The molecule has 0 atom stereocenters. The van der Waals surface area contributed by atoms with Crippen molar-refractivity contribution in [3.8, 4) is 0 Å². The van der Waals surface area contributed by atoms with Crippen molar-refractivity contribution in [1.29, 1.82) is 0 Å². The lowest BCUT2D eigenvalue weighted by atomic mass is 9.82. The molecule has 1 aromatic heterocycles. The molecular formula is C16H29N3O. The van der Waals surface area contributed by atoms with Crippen LogP contribution in [0.5, 0.6) is 0 Å². The van der Waals surface area contributed by atoms with E-state index in [0.717, 1.165) is 24.5 Å². The van der Waals surface area contributed by atoms with Gasteiger partial charge >= 0.3 is 0 Å². The van der Waals surface area contributed by atoms with E-state index in [9.17, 15) is 0 Å². The summed E-state index contributed by atoms with van der Waals surface area (Å²) in [6, 6.07) is 2.57. The van der Waals surface area contributed by atoms with Crippen molar-refractivity contribution < 1.29 is 4.52 Å². The fourth-order valence-corrected chi connectivity index (χ4v) is 3.03. The molecule has 4 nitrogen and oxygen atoms in total. The van der Waals surface area contributed by atoms with E-state index in [0.29, 0.717) is 11.5 Å². The van der Waals surface area contributed by atoms with Crippen molar-refractivity contribution in [2.75, 3.05) is 13.1 Å². The van der Waals surface area contributed by atoms with E-state index in [2.05, 4.69) is 49.1 Å². The number of nitrogens with one attached hydrogen (secondary N) is 1. The molecule has 0 radical (unpaired) electrons. The fourth-order valence-electron chi connectivity index (χ4n) is 3.03. The molecule has 0 bridgehead atoms. The summed E-state index contributed by atoms with van der Waals surface area (Å²) in [6.45, 7) is 13.0. The standard InChI is InChI=1S/C16H29N3O/c1-5-16(6-2)7-8-19(12-16)11-15-9-14(18-20-15)10-17-13(3)4/h9,13,17H,5-8,10-12H2,1-4H3. The third-order valence-electron chi connectivity index (χ3n) is 4.70. The fraction of sp³-hybridized carbons (Fsp3) is 0.812. The van der Waals surface area contributed by atoms with Crippen LogP contribution >= 0.6 is 0 Å². The van der Waals surface area contributed by atoms with Gasteiger partial charge in [0.1, 0.15) is 0 Å². The van der Waals surface area contributed by atoms with Crippen LogP contribution in [0.2, 0.25) is 0 Å². The van der Waals surface area contributed by atoms with Gasteiger partial charge < -0.3 is 9.84 Å². The SMILES string of the molecule is CCC1(CC)CCN(Cc2cc(CNC(C)C)no2)C1. The number of hydrogen-bond donors (Lipinski definition) is 1. The summed E-state index contributed by atoms with van der Waals surface area (Å²) in [5, 5.41) is 7.51. The predicted octanol–water partition coefficient (Wildman–Crippen LogP) is 3.18. The van der Waals surface area contributed by atoms with E-state index >= 15 is 0 Å². The first kappa shape index (κ1) is 15.5. The van der Waals surface area contributed by atoms with Crippen LogP contribution in [-0.4, -0.2) is 29.2 Å². The molecule has 1 aliphatic heterocycles. The van der Waals surface area contributed by atoms with Gasteiger partial charge in [-0.2, -0.15) is 0 Å². The van der Waals surface area contributed by atoms with E-state index in [-0.39, 0.29) is 0 Å². The highest BCUT2D eigenvalue weighted by molar-refractivity contribution is 5.06. The Morgan fingerprint density at radius 2 is 2.15 bits per heavy atom. The van der Waals surface area contributed by atoms with Crippen molar-refractivity contribution in [1.82, 2.24) is 15.4 Å². The molecule has 1 aliphatic rings. The maximum absolute atomic E-state index is 5.46. The highest BCUT2D eigenvalue weighted by Gasteiger charge is 2.35. The van der Waals surface area contributed by atoms with Crippen LogP contribution in [0, 0.1) is 5.41 Å². The van der Waals surface area contributed by atoms with Gasteiger partial charge in [-0.3, -0.25) is 4.90 Å². The van der Waals surface area contributed by atoms with Gasteiger partial charge in [-0.1, -0.05) is 32.9 Å². The molecule has 0 unspecified atom stereocenters. The van der Waals surface area contributed by atoms with Gasteiger partial charge in [-0.25, -0.2) is 0 Å². The zero-order chi connectivity index (χ0) is 14.6. The Morgan fingerprint density at radius 3 is 2.75 bits per heavy atom. The van der Waals surface area contributed by atoms with Crippen LogP contribution in [0.25, 0.3) is 0 Å². The molecule has 0 amide bonds. The molecule has 1 fully saturated rings. The minimum atomic E-state index is 0.475. The Balaban J connectivity index is 1.85. The van der Waals surface area contributed by atoms with Gasteiger partial charge in [-0.05, 0) is 31.2 Å². The number of aromatic nitrogens is 1. The highest BCUT2D eigenvalue weighted by atomic mass is 16.5. The van der Waals surface area contributed by atoms with Gasteiger partial charge in [0.2, 0.25) is 0 Å². The lowest BCUT2D eigenvalue weighted by Gasteiger charge is -2.26. The third kappa shape index (κ3) is 3.83. The van der Waals surface area contributed by atoms with E-state index < -0.39 is 0 Å². The lowest BCUT2D eigenvalue weighted by Crippen LogP contribution is -2.25. The van der Waals surface area contributed by atoms with Crippen LogP contribution in [-0.2, 0) is 13.1 Å². The summed E-state index contributed by atoms with van der Waals surface area (Å²) in [5.74, 6) is 0.994. The molecule has 2 heterocycles. The Bertz CT molecular complexity index is 410. The molecule has 1 N–H and O–H groups in total. The summed E-state index contributed by atoms with van der Waals surface area (Å²) in [4.78, 5) is 2.51. The molecule has 114 valence electrons. The Kier molecular flexibility index (Phi) is 5.22. The van der Waals surface area contributed by atoms with Crippen molar-refractivity contribution in [3.63, 3.8) is 0 Å². The molecular weight excluding hydrogens is 250 g/mol. The minimum absolute atomic E-state index is 0.475. The molecule has 1 aromatic rings. The monoisotopic (exact) mass is 279 g/mol. The topological polar surface area (TPSA) is 41.3 Å². The number of rotatable bonds is 7. The van der Waals surface area contributed by atoms with E-state index in [1.54, 1.807) is 0 Å². The Labute approximate surface area is 122 Å². The number of nitrogens with zero attached hydrogens (tertiary/aromatic N) is 2. The van der Waals surface area contributed by atoms with Crippen LogP contribution in [0.15, 0.2) is 10.6 Å². The largest absolute Gasteiger partial charge is 0.360 e. The van der Waals surface area contributed by atoms with Crippen LogP contribution in [0.3, 0.4) is 0 Å². The van der Waals surface area contributed by atoms with Crippen LogP contribution < -0.4 is 5.32 Å². The first-order valence-corrected chi connectivity index (χ1v) is 7.97. The van der Waals surface area contributed by atoms with Crippen molar-refractivity contribution in [2.45, 2.75) is 66.1 Å². The van der Waals surface area contributed by atoms with E-state index in [4.69, 9.17) is 4.52 Å². The zero-order valence-electron chi connectivity index (χ0n) is 13.4. The second-order valence-electron chi connectivity index (χ2n) is 6.49. The normalized spacial score (nSPS) is 19.1. The van der Waals surface area contributed by atoms with E-state index in [1.165, 1.54) is 32.4 Å². The third-order valence-corrected chi connectivity index (χ3v) is 4.70. The smallest absolute Gasteiger partial charge is 0.151 e. The average Bonchev–Trinajstić information content (AvgIpc) is 3.04. The predicted molar refractivity (Wildman–Crippen MR) is 81.4 cm³/mol. The van der Waals surface area contributed by atoms with Gasteiger partial charge in [0.25, 0.3) is 0 Å². The molecule has 1 saturated heterocycles. The average molecular weight is 279 g/mol. The van der Waals surface area contributed by atoms with Crippen molar-refractivity contribution >= 4 is 0 Å². The van der Waals surface area contributed by atoms with Crippen LogP contribution in [0.1, 0.15) is 58.4 Å². The summed E-state index contributed by atoms with van der Waals surface area (Å²) >= 11 is 0. The number of hydrogen-bond acceptors (Lipinski definition) is 4. The van der Waals surface area contributed by atoms with Gasteiger partial charge in [-0.15, -0.1) is 0 Å². The second-order valence-corrected chi connectivity index (χ2v) is 6.49. The highest BCUT2D eigenvalue weighted by Crippen LogP contribution is 2.37. The molecule has 0 aromatic carbocycles. The van der Waals surface area contributed by atoms with Gasteiger partial charge in [0, 0.05) is 25.2 Å². The lowest BCUT2D eigenvalue weighted by molar-refractivity contribution is 0.218. The Hall–Kier alpha value is -0.870. The molecule has 20 heavy (non-hydrogen) atoms. The number of likely N-dealkylation sites (tertiary alicyclic amines) is 1. The Morgan fingerprint density at radius 1 is 1.40 bits per heavy atom. The maximum Gasteiger partial charge on any atom is 0.151 e. The summed E-state index contributed by atoms with van der Waals surface area (Å²) in [5.41, 5.74) is 1.53. The van der Waals surface area contributed by atoms with E-state index in [1.807, 2.05) is 0 Å². The molecule has 2 rings (SSSR count). The van der Waals surface area contributed by atoms with Gasteiger partial charge in [0.05, 0.1) is 12.2 Å². The summed E-state index contributed by atoms with van der Waals surface area (Å²) in [6.07, 6.45) is 3.87.